The molecular weight excluding hydrogens is 280 g/mol. The number of carbonyl (C=O) groups excluding carboxylic acids is 2. The van der Waals surface area contributed by atoms with Gasteiger partial charge in [0.2, 0.25) is 0 Å². The summed E-state index contributed by atoms with van der Waals surface area (Å²) in [5.41, 5.74) is 0.962. The van der Waals surface area contributed by atoms with E-state index in [2.05, 4.69) is 9.47 Å². The zero-order chi connectivity index (χ0) is 16.0. The number of nitro benzene ring substituents is 1. The SMILES string of the molecule is COC(=O)CN(CC(=O)OC)c1cc([N+](=O)[O-])ccc1C. The Balaban J connectivity index is 3.17. The minimum Gasteiger partial charge on any atom is -0.468 e. The third-order valence-corrected chi connectivity index (χ3v) is 2.84. The number of nitro groups is 1. The number of anilines is 1. The number of ether oxygens (including phenoxy) is 2. The Morgan fingerprint density at radius 2 is 1.71 bits per heavy atom. The maximum atomic E-state index is 11.4. The Morgan fingerprint density at radius 1 is 1.19 bits per heavy atom. The Labute approximate surface area is 121 Å². The van der Waals surface area contributed by atoms with Crippen LogP contribution < -0.4 is 4.90 Å². The molecule has 0 atom stereocenters. The number of hydrogen-bond donors (Lipinski definition) is 0. The van der Waals surface area contributed by atoms with Gasteiger partial charge in [0.25, 0.3) is 5.69 Å². The van der Waals surface area contributed by atoms with Crippen molar-refractivity contribution in [2.45, 2.75) is 6.92 Å². The van der Waals surface area contributed by atoms with Crippen LogP contribution in [0.3, 0.4) is 0 Å². The molecule has 8 nitrogen and oxygen atoms in total. The second-order valence-electron chi connectivity index (χ2n) is 4.24. The lowest BCUT2D eigenvalue weighted by Gasteiger charge is -2.23. The molecule has 1 rings (SSSR count). The summed E-state index contributed by atoms with van der Waals surface area (Å²) in [4.78, 5) is 34.6. The van der Waals surface area contributed by atoms with E-state index in [1.165, 1.54) is 31.3 Å². The smallest absolute Gasteiger partial charge is 0.325 e. The van der Waals surface area contributed by atoms with Crippen molar-refractivity contribution in [1.82, 2.24) is 0 Å². The summed E-state index contributed by atoms with van der Waals surface area (Å²) in [6, 6.07) is 4.21. The Bertz CT molecular complexity index is 540. The highest BCUT2D eigenvalue weighted by atomic mass is 16.6. The summed E-state index contributed by atoms with van der Waals surface area (Å²) in [7, 11) is 2.44. The minimum absolute atomic E-state index is 0.129. The van der Waals surface area contributed by atoms with E-state index in [0.717, 1.165) is 0 Å². The first-order valence-corrected chi connectivity index (χ1v) is 6.02. The van der Waals surface area contributed by atoms with E-state index in [4.69, 9.17) is 0 Å². The molecule has 0 saturated heterocycles. The van der Waals surface area contributed by atoms with Crippen molar-refractivity contribution in [2.75, 3.05) is 32.2 Å². The van der Waals surface area contributed by atoms with Gasteiger partial charge in [0.15, 0.2) is 0 Å². The summed E-state index contributed by atoms with van der Waals surface area (Å²) >= 11 is 0. The number of non-ortho nitro benzene ring substituents is 1. The Kier molecular flexibility index (Phi) is 5.65. The van der Waals surface area contributed by atoms with Crippen molar-refractivity contribution < 1.29 is 24.0 Å². The predicted molar refractivity (Wildman–Crippen MR) is 74.1 cm³/mol. The van der Waals surface area contributed by atoms with Gasteiger partial charge in [-0.1, -0.05) is 6.07 Å². The second-order valence-corrected chi connectivity index (χ2v) is 4.24. The van der Waals surface area contributed by atoms with Crippen LogP contribution in [0.2, 0.25) is 0 Å². The fraction of sp³-hybridized carbons (Fsp3) is 0.385. The number of hydrogen-bond acceptors (Lipinski definition) is 7. The zero-order valence-electron chi connectivity index (χ0n) is 12.0. The van der Waals surface area contributed by atoms with Crippen LogP contribution in [0.15, 0.2) is 18.2 Å². The summed E-state index contributed by atoms with van der Waals surface area (Å²) in [5.74, 6) is -1.13. The van der Waals surface area contributed by atoms with Crippen LogP contribution in [0.4, 0.5) is 11.4 Å². The highest BCUT2D eigenvalue weighted by molar-refractivity contribution is 5.82. The molecule has 0 heterocycles. The topological polar surface area (TPSA) is 99.0 Å². The molecule has 1 aromatic carbocycles. The molecule has 0 fully saturated rings. The number of nitrogens with zero attached hydrogens (tertiary/aromatic N) is 2. The summed E-state index contributed by atoms with van der Waals surface area (Å²) in [6.45, 7) is 1.29. The predicted octanol–water partition coefficient (Wildman–Crippen LogP) is 1.06. The fourth-order valence-corrected chi connectivity index (χ4v) is 1.72. The number of rotatable bonds is 6. The molecule has 21 heavy (non-hydrogen) atoms. The lowest BCUT2D eigenvalue weighted by atomic mass is 10.1. The summed E-state index contributed by atoms with van der Waals surface area (Å²) < 4.78 is 9.14. The van der Waals surface area contributed by atoms with Crippen LogP contribution in [0.25, 0.3) is 0 Å². The van der Waals surface area contributed by atoms with Crippen molar-refractivity contribution in [3.63, 3.8) is 0 Å². The number of benzene rings is 1. The third kappa shape index (κ3) is 4.44. The summed E-state index contributed by atoms with van der Waals surface area (Å²) in [6.07, 6.45) is 0. The first kappa shape index (κ1) is 16.4. The second kappa shape index (κ2) is 7.22. The van der Waals surface area contributed by atoms with E-state index in [1.807, 2.05) is 0 Å². The van der Waals surface area contributed by atoms with Gasteiger partial charge in [-0.25, -0.2) is 0 Å². The lowest BCUT2D eigenvalue weighted by molar-refractivity contribution is -0.384. The first-order chi connectivity index (χ1) is 9.88. The Hall–Kier alpha value is -2.64. The molecule has 114 valence electrons. The molecule has 0 aliphatic rings. The molecule has 0 bridgehead atoms. The van der Waals surface area contributed by atoms with E-state index in [0.29, 0.717) is 11.3 Å². The van der Waals surface area contributed by atoms with E-state index in [-0.39, 0.29) is 18.8 Å². The highest BCUT2D eigenvalue weighted by Crippen LogP contribution is 2.25. The molecule has 0 amide bonds. The quantitative estimate of drug-likeness (QED) is 0.439. The molecule has 0 unspecified atom stereocenters. The molecular formula is C13H16N2O6. The maximum Gasteiger partial charge on any atom is 0.325 e. The van der Waals surface area contributed by atoms with Crippen molar-refractivity contribution >= 4 is 23.3 Å². The van der Waals surface area contributed by atoms with Crippen LogP contribution >= 0.6 is 0 Å². The standard InChI is InChI=1S/C13H16N2O6/c1-9-4-5-10(15(18)19)6-11(9)14(7-12(16)20-2)8-13(17)21-3/h4-6H,7-8H2,1-3H3. The average Bonchev–Trinajstić information content (AvgIpc) is 2.46. The van der Waals surface area contributed by atoms with E-state index in [1.54, 1.807) is 13.0 Å². The number of aryl methyl sites for hydroxylation is 1. The number of carbonyl (C=O) groups is 2. The van der Waals surface area contributed by atoms with Crippen LogP contribution in [-0.2, 0) is 19.1 Å². The number of methoxy groups -OCH3 is 2. The van der Waals surface area contributed by atoms with Gasteiger partial charge >= 0.3 is 11.9 Å². The first-order valence-electron chi connectivity index (χ1n) is 6.02. The van der Waals surface area contributed by atoms with Crippen molar-refractivity contribution in [2.24, 2.45) is 0 Å². The molecule has 8 heteroatoms. The van der Waals surface area contributed by atoms with Gasteiger partial charge in [-0.15, -0.1) is 0 Å². The van der Waals surface area contributed by atoms with Crippen LogP contribution in [0, 0.1) is 17.0 Å². The molecule has 0 saturated carbocycles. The molecule has 0 aromatic heterocycles. The van der Waals surface area contributed by atoms with Crippen LogP contribution in [0.5, 0.6) is 0 Å². The van der Waals surface area contributed by atoms with Gasteiger partial charge in [-0.05, 0) is 12.5 Å². The van der Waals surface area contributed by atoms with E-state index in [9.17, 15) is 19.7 Å². The molecule has 0 aliphatic heterocycles. The fourth-order valence-electron chi connectivity index (χ4n) is 1.72. The third-order valence-electron chi connectivity index (χ3n) is 2.84. The van der Waals surface area contributed by atoms with E-state index >= 15 is 0 Å². The molecule has 0 N–H and O–H groups in total. The normalized spacial score (nSPS) is 9.86. The monoisotopic (exact) mass is 296 g/mol. The Morgan fingerprint density at radius 3 is 2.14 bits per heavy atom. The van der Waals surface area contributed by atoms with Gasteiger partial charge in [-0.3, -0.25) is 19.7 Å². The summed E-state index contributed by atoms with van der Waals surface area (Å²) in [5, 5.41) is 10.8. The molecule has 0 spiro atoms. The number of esters is 2. The van der Waals surface area contributed by atoms with E-state index < -0.39 is 16.9 Å². The van der Waals surface area contributed by atoms with Gasteiger partial charge < -0.3 is 14.4 Å². The zero-order valence-corrected chi connectivity index (χ0v) is 12.0. The van der Waals surface area contributed by atoms with Crippen molar-refractivity contribution in [1.29, 1.82) is 0 Å². The average molecular weight is 296 g/mol. The molecule has 0 radical (unpaired) electrons. The van der Waals surface area contributed by atoms with Gasteiger partial charge in [-0.2, -0.15) is 0 Å². The lowest BCUT2D eigenvalue weighted by Crippen LogP contribution is -2.36. The van der Waals surface area contributed by atoms with Crippen molar-refractivity contribution in [3.8, 4) is 0 Å². The molecule has 1 aromatic rings. The van der Waals surface area contributed by atoms with Crippen LogP contribution in [0.1, 0.15) is 5.56 Å². The largest absolute Gasteiger partial charge is 0.468 e. The van der Waals surface area contributed by atoms with Crippen molar-refractivity contribution in [3.05, 3.63) is 33.9 Å². The van der Waals surface area contributed by atoms with Gasteiger partial charge in [0.05, 0.1) is 19.1 Å². The maximum absolute atomic E-state index is 11.4. The molecule has 0 aliphatic carbocycles. The van der Waals surface area contributed by atoms with Gasteiger partial charge in [0.1, 0.15) is 13.1 Å². The van der Waals surface area contributed by atoms with Gasteiger partial charge in [0, 0.05) is 17.8 Å². The highest BCUT2D eigenvalue weighted by Gasteiger charge is 2.20. The van der Waals surface area contributed by atoms with Crippen LogP contribution in [-0.4, -0.2) is 44.2 Å². The minimum atomic E-state index is -0.565.